The lowest BCUT2D eigenvalue weighted by Crippen LogP contribution is -2.06. The van der Waals surface area contributed by atoms with Gasteiger partial charge in [0.15, 0.2) is 0 Å². The van der Waals surface area contributed by atoms with Gasteiger partial charge in [-0.3, -0.25) is 4.79 Å². The summed E-state index contributed by atoms with van der Waals surface area (Å²) >= 11 is 17.5. The van der Waals surface area contributed by atoms with Crippen LogP contribution in [0.1, 0.15) is 33.6 Å². The number of aromatic nitrogens is 2. The molecule has 0 saturated heterocycles. The Labute approximate surface area is 228 Å². The number of alkyl halides is 2. The normalized spacial score (nSPS) is 13.1. The van der Waals surface area contributed by atoms with Crippen LogP contribution in [0.15, 0.2) is 68.5 Å². The zero-order valence-corrected chi connectivity index (χ0v) is 24.5. The molecule has 2 heterocycles. The third-order valence-corrected chi connectivity index (χ3v) is 9.56. The Bertz CT molecular complexity index is 1110. The van der Waals surface area contributed by atoms with Gasteiger partial charge in [0.2, 0.25) is 0 Å². The Balaban J connectivity index is 1.33. The molecule has 0 fully saturated rings. The van der Waals surface area contributed by atoms with Crippen LogP contribution in [0.25, 0.3) is 21.1 Å². The number of carbonyl (C=O) groups excluding carboxylic acids is 1. The van der Waals surface area contributed by atoms with Gasteiger partial charge in [0.05, 0.1) is 20.0 Å². The van der Waals surface area contributed by atoms with Crippen LogP contribution in [0, 0.1) is 0 Å². The summed E-state index contributed by atoms with van der Waals surface area (Å²) in [4.78, 5) is 21.5. The number of halogens is 4. The lowest BCUT2D eigenvalue weighted by Gasteiger charge is -2.13. The molecular formula is C23H16Br4N2OS2. The summed E-state index contributed by atoms with van der Waals surface area (Å²) in [5, 5.41) is 1.95. The summed E-state index contributed by atoms with van der Waals surface area (Å²) in [5.74, 6) is 0.203. The number of rotatable bonds is 8. The molecule has 0 saturated carbocycles. The maximum absolute atomic E-state index is 12.7. The minimum Gasteiger partial charge on any atom is -0.300 e. The van der Waals surface area contributed by atoms with Crippen molar-refractivity contribution >= 4 is 92.2 Å². The number of Topliss-reactive ketones (excluding diaryl/α,β-unsaturated/α-hetero) is 1. The van der Waals surface area contributed by atoms with E-state index in [0.29, 0.717) is 12.8 Å². The number of nitrogens with zero attached hydrogens (tertiary/aromatic N) is 2. The monoisotopic (exact) mass is 716 g/mol. The number of benzene rings is 2. The first-order valence-corrected chi connectivity index (χ1v) is 14.7. The molecule has 0 spiro atoms. The highest BCUT2D eigenvalue weighted by Gasteiger charge is 2.18. The summed E-state index contributed by atoms with van der Waals surface area (Å²) in [6.07, 6.45) is 4.50. The Kier molecular flexibility index (Phi) is 8.50. The largest absolute Gasteiger partial charge is 0.300 e. The van der Waals surface area contributed by atoms with Gasteiger partial charge in [-0.15, -0.1) is 22.7 Å². The highest BCUT2D eigenvalue weighted by atomic mass is 79.9. The van der Waals surface area contributed by atoms with E-state index in [9.17, 15) is 4.79 Å². The minimum absolute atomic E-state index is 0.0162. The van der Waals surface area contributed by atoms with E-state index in [2.05, 4.69) is 122 Å². The first-order chi connectivity index (χ1) is 15.4. The molecular weight excluding hydrogens is 704 g/mol. The molecule has 2 aromatic carbocycles. The first-order valence-electron chi connectivity index (χ1n) is 9.62. The smallest absolute Gasteiger partial charge is 0.135 e. The SMILES string of the molecule is O=C(C[C@H](Br)c1ccc(-c2ncc(Br)s2)cc1)C[C@H](Br)c1ccc(-c2ncc(Br)s2)cc1. The molecule has 0 amide bonds. The molecule has 32 heavy (non-hydrogen) atoms. The van der Waals surface area contributed by atoms with Crippen LogP contribution in [-0.4, -0.2) is 15.8 Å². The fraction of sp³-hybridized carbons (Fsp3) is 0.174. The highest BCUT2D eigenvalue weighted by molar-refractivity contribution is 9.11. The predicted molar refractivity (Wildman–Crippen MR) is 148 cm³/mol. The van der Waals surface area contributed by atoms with Crippen molar-refractivity contribution in [3.63, 3.8) is 0 Å². The minimum atomic E-state index is -0.0162. The van der Waals surface area contributed by atoms with Crippen molar-refractivity contribution in [1.82, 2.24) is 9.97 Å². The van der Waals surface area contributed by atoms with Crippen molar-refractivity contribution in [1.29, 1.82) is 0 Å². The van der Waals surface area contributed by atoms with Crippen molar-refractivity contribution in [2.45, 2.75) is 22.5 Å². The van der Waals surface area contributed by atoms with E-state index < -0.39 is 0 Å². The molecule has 4 rings (SSSR count). The van der Waals surface area contributed by atoms with Crippen molar-refractivity contribution in [3.05, 3.63) is 79.6 Å². The van der Waals surface area contributed by atoms with Gasteiger partial charge in [-0.1, -0.05) is 80.4 Å². The number of hydrogen-bond donors (Lipinski definition) is 0. The van der Waals surface area contributed by atoms with Gasteiger partial charge in [0, 0.05) is 33.6 Å². The summed E-state index contributed by atoms with van der Waals surface area (Å²) in [7, 11) is 0. The summed E-state index contributed by atoms with van der Waals surface area (Å²) in [5.41, 5.74) is 4.32. The molecule has 0 unspecified atom stereocenters. The predicted octanol–water partition coefficient (Wildman–Crippen LogP) is 9.38. The number of carbonyl (C=O) groups is 1. The van der Waals surface area contributed by atoms with Gasteiger partial charge in [0.25, 0.3) is 0 Å². The quantitative estimate of drug-likeness (QED) is 0.171. The van der Waals surface area contributed by atoms with E-state index in [1.54, 1.807) is 22.7 Å². The Hall–Kier alpha value is -0.710. The van der Waals surface area contributed by atoms with Crippen LogP contribution >= 0.6 is 86.4 Å². The molecule has 0 N–H and O–H groups in total. The van der Waals surface area contributed by atoms with E-state index in [1.165, 1.54) is 0 Å². The number of ketones is 1. The van der Waals surface area contributed by atoms with E-state index in [-0.39, 0.29) is 15.4 Å². The van der Waals surface area contributed by atoms with Gasteiger partial charge in [-0.2, -0.15) is 0 Å². The average molecular weight is 720 g/mol. The average Bonchev–Trinajstić information content (AvgIpc) is 3.42. The molecule has 2 aromatic heterocycles. The topological polar surface area (TPSA) is 42.9 Å². The lowest BCUT2D eigenvalue weighted by molar-refractivity contribution is -0.119. The molecule has 0 bridgehead atoms. The van der Waals surface area contributed by atoms with Crippen molar-refractivity contribution < 1.29 is 4.79 Å². The number of thiazole rings is 2. The van der Waals surface area contributed by atoms with E-state index in [1.807, 2.05) is 12.4 Å². The molecule has 164 valence electrons. The van der Waals surface area contributed by atoms with Gasteiger partial charge in [-0.05, 0) is 43.0 Å². The van der Waals surface area contributed by atoms with Gasteiger partial charge < -0.3 is 0 Å². The Morgan fingerprint density at radius 1 is 0.719 bits per heavy atom. The second-order valence-corrected chi connectivity index (χ2v) is 14.1. The molecule has 0 radical (unpaired) electrons. The Morgan fingerprint density at radius 3 is 1.41 bits per heavy atom. The summed E-state index contributed by atoms with van der Waals surface area (Å²) in [6.45, 7) is 0. The second kappa shape index (κ2) is 11.1. The fourth-order valence-corrected chi connectivity index (χ4v) is 6.92. The maximum atomic E-state index is 12.7. The molecule has 4 aromatic rings. The van der Waals surface area contributed by atoms with Crippen molar-refractivity contribution in [3.8, 4) is 21.1 Å². The number of hydrogen-bond acceptors (Lipinski definition) is 5. The molecule has 3 nitrogen and oxygen atoms in total. The van der Waals surface area contributed by atoms with Gasteiger partial charge >= 0.3 is 0 Å². The van der Waals surface area contributed by atoms with Gasteiger partial charge in [0.1, 0.15) is 15.8 Å². The second-order valence-electron chi connectivity index (χ2n) is 7.07. The molecule has 9 heteroatoms. The van der Waals surface area contributed by atoms with Gasteiger partial charge in [-0.25, -0.2) is 9.97 Å². The zero-order chi connectivity index (χ0) is 22.7. The van der Waals surface area contributed by atoms with Crippen molar-refractivity contribution in [2.75, 3.05) is 0 Å². The van der Waals surface area contributed by atoms with Crippen LogP contribution < -0.4 is 0 Å². The van der Waals surface area contributed by atoms with E-state index in [4.69, 9.17) is 0 Å². The first kappa shape index (κ1) is 24.4. The lowest BCUT2D eigenvalue weighted by atomic mass is 10.0. The van der Waals surface area contributed by atoms with E-state index in [0.717, 1.165) is 39.8 Å². The molecule has 0 aliphatic carbocycles. The van der Waals surface area contributed by atoms with Crippen LogP contribution in [0.2, 0.25) is 0 Å². The molecule has 0 aliphatic heterocycles. The van der Waals surface area contributed by atoms with Crippen LogP contribution in [-0.2, 0) is 4.79 Å². The molecule has 2 atom stereocenters. The zero-order valence-electron chi connectivity index (χ0n) is 16.5. The molecule has 0 aliphatic rings. The van der Waals surface area contributed by atoms with Crippen LogP contribution in [0.4, 0.5) is 0 Å². The third kappa shape index (κ3) is 6.24. The van der Waals surface area contributed by atoms with E-state index >= 15 is 0 Å². The standard InChI is InChI=1S/C23H16Br4N2OS2/c24-18(13-1-5-15(6-2-13)22-28-11-20(26)31-22)9-17(30)10-19(25)14-3-7-16(8-4-14)23-29-12-21(27)32-23/h1-8,11-12,18-19H,9-10H2/t18-,19-/m0/s1. The maximum Gasteiger partial charge on any atom is 0.135 e. The third-order valence-electron chi connectivity index (χ3n) is 4.81. The van der Waals surface area contributed by atoms with Crippen LogP contribution in [0.3, 0.4) is 0 Å². The van der Waals surface area contributed by atoms with Crippen LogP contribution in [0.5, 0.6) is 0 Å². The fourth-order valence-electron chi connectivity index (χ4n) is 3.16. The van der Waals surface area contributed by atoms with Crippen molar-refractivity contribution in [2.24, 2.45) is 0 Å². The summed E-state index contributed by atoms with van der Waals surface area (Å²) < 4.78 is 2.02. The highest BCUT2D eigenvalue weighted by Crippen LogP contribution is 2.35. The summed E-state index contributed by atoms with van der Waals surface area (Å²) in [6, 6.07) is 16.4. The Morgan fingerprint density at radius 2 is 1.09 bits per heavy atom.